The predicted octanol–water partition coefficient (Wildman–Crippen LogP) is 3.19. The Kier molecular flexibility index (Phi) is 5.28. The summed E-state index contributed by atoms with van der Waals surface area (Å²) in [5.74, 6) is -0.0120. The zero-order chi connectivity index (χ0) is 20.6. The van der Waals surface area contributed by atoms with Gasteiger partial charge in [-0.3, -0.25) is 4.79 Å². The Morgan fingerprint density at radius 2 is 2.07 bits per heavy atom. The molecule has 0 unspecified atom stereocenters. The van der Waals surface area contributed by atoms with Crippen molar-refractivity contribution in [2.24, 2.45) is 0 Å². The van der Waals surface area contributed by atoms with Crippen LogP contribution in [0.1, 0.15) is 34.2 Å². The molecule has 0 saturated carbocycles. The van der Waals surface area contributed by atoms with Crippen LogP contribution < -0.4 is 9.46 Å². The van der Waals surface area contributed by atoms with Crippen LogP contribution in [0.15, 0.2) is 47.4 Å². The number of hydrogen-bond acceptors (Lipinski definition) is 6. The molecule has 152 valence electrons. The first-order valence-electron chi connectivity index (χ1n) is 9.22. The standard InChI is InChI=1S/C20H21N3O4S2/c1-21-29(25,26)18-12-13(9-10-16(18)27-2)20(24)23-11-5-7-15(23)19-22-14-6-3-4-8-17(14)28-19/h3-4,6,8-10,12,15,21H,5,7,11H2,1-2H3/t15-/m1/s1. The van der Waals surface area contributed by atoms with Crippen LogP contribution in [0.3, 0.4) is 0 Å². The van der Waals surface area contributed by atoms with Crippen LogP contribution in [0, 0.1) is 0 Å². The first-order chi connectivity index (χ1) is 13.9. The molecular weight excluding hydrogens is 410 g/mol. The summed E-state index contributed by atoms with van der Waals surface area (Å²) in [6.45, 7) is 0.611. The number of nitrogens with one attached hydrogen (secondary N) is 1. The number of rotatable bonds is 5. The van der Waals surface area contributed by atoms with Crippen molar-refractivity contribution in [2.75, 3.05) is 20.7 Å². The Morgan fingerprint density at radius 3 is 2.79 bits per heavy atom. The Balaban J connectivity index is 1.69. The zero-order valence-electron chi connectivity index (χ0n) is 16.1. The van der Waals surface area contributed by atoms with Crippen molar-refractivity contribution in [1.82, 2.24) is 14.6 Å². The summed E-state index contributed by atoms with van der Waals surface area (Å²) in [5, 5.41) is 0.911. The molecule has 0 spiro atoms. The van der Waals surface area contributed by atoms with Crippen molar-refractivity contribution in [3.05, 3.63) is 53.0 Å². The van der Waals surface area contributed by atoms with Crippen molar-refractivity contribution in [3.8, 4) is 5.75 Å². The number of aromatic nitrogens is 1. The number of carbonyl (C=O) groups is 1. The first-order valence-corrected chi connectivity index (χ1v) is 11.5. The highest BCUT2D eigenvalue weighted by Gasteiger charge is 2.33. The molecule has 29 heavy (non-hydrogen) atoms. The van der Waals surface area contributed by atoms with Gasteiger partial charge in [0.15, 0.2) is 0 Å². The third kappa shape index (κ3) is 3.61. The number of hydrogen-bond donors (Lipinski definition) is 1. The molecule has 2 heterocycles. The third-order valence-corrected chi connectivity index (χ3v) is 7.65. The van der Waals surface area contributed by atoms with Crippen LogP contribution in [0.25, 0.3) is 10.2 Å². The van der Waals surface area contributed by atoms with Gasteiger partial charge in [0.25, 0.3) is 5.91 Å². The second kappa shape index (κ2) is 7.74. The van der Waals surface area contributed by atoms with E-state index in [1.54, 1.807) is 22.3 Å². The molecule has 1 fully saturated rings. The summed E-state index contributed by atoms with van der Waals surface area (Å²) in [6.07, 6.45) is 1.72. The SMILES string of the molecule is CNS(=O)(=O)c1cc(C(=O)N2CCC[C@@H]2c2nc3ccccc3s2)ccc1OC. The number of carbonyl (C=O) groups excluding carboxylic acids is 1. The number of likely N-dealkylation sites (tertiary alicyclic amines) is 1. The Bertz CT molecular complexity index is 1140. The van der Waals surface area contributed by atoms with Crippen molar-refractivity contribution in [1.29, 1.82) is 0 Å². The van der Waals surface area contributed by atoms with E-state index in [4.69, 9.17) is 9.72 Å². The number of benzene rings is 2. The maximum absolute atomic E-state index is 13.3. The van der Waals surface area contributed by atoms with Crippen LogP contribution in [0.2, 0.25) is 0 Å². The number of ether oxygens (including phenoxy) is 1. The quantitative estimate of drug-likeness (QED) is 0.670. The molecular formula is C20H21N3O4S2. The first kappa shape index (κ1) is 19.8. The van der Waals surface area contributed by atoms with Crippen LogP contribution in [0.5, 0.6) is 5.75 Å². The van der Waals surface area contributed by atoms with Crippen molar-refractivity contribution in [2.45, 2.75) is 23.8 Å². The van der Waals surface area contributed by atoms with E-state index in [1.165, 1.54) is 26.3 Å². The largest absolute Gasteiger partial charge is 0.495 e. The number of nitrogens with zero attached hydrogens (tertiary/aromatic N) is 2. The molecule has 4 rings (SSSR count). The van der Waals surface area contributed by atoms with Gasteiger partial charge in [-0.25, -0.2) is 18.1 Å². The number of fused-ring (bicyclic) bond motifs is 1. The average Bonchev–Trinajstić information content (AvgIpc) is 3.39. The topological polar surface area (TPSA) is 88.6 Å². The number of amides is 1. The van der Waals surface area contributed by atoms with Gasteiger partial charge in [-0.1, -0.05) is 12.1 Å². The summed E-state index contributed by atoms with van der Waals surface area (Å²) < 4.78 is 33.2. The van der Waals surface area contributed by atoms with Crippen LogP contribution in [-0.2, 0) is 10.0 Å². The van der Waals surface area contributed by atoms with Gasteiger partial charge in [-0.05, 0) is 50.2 Å². The van der Waals surface area contributed by atoms with E-state index in [0.29, 0.717) is 12.1 Å². The molecule has 1 amide bonds. The van der Waals surface area contributed by atoms with Crippen LogP contribution in [0.4, 0.5) is 0 Å². The van der Waals surface area contributed by atoms with E-state index < -0.39 is 10.0 Å². The molecule has 9 heteroatoms. The number of sulfonamides is 1. The molecule has 0 radical (unpaired) electrons. The second-order valence-electron chi connectivity index (χ2n) is 6.75. The highest BCUT2D eigenvalue weighted by molar-refractivity contribution is 7.89. The van der Waals surface area contributed by atoms with Gasteiger partial charge in [-0.15, -0.1) is 11.3 Å². The van der Waals surface area contributed by atoms with Crippen LogP contribution >= 0.6 is 11.3 Å². The van der Waals surface area contributed by atoms with Gasteiger partial charge in [0.1, 0.15) is 15.7 Å². The molecule has 1 aliphatic heterocycles. The summed E-state index contributed by atoms with van der Waals surface area (Å²) in [6, 6.07) is 12.3. The fourth-order valence-electron chi connectivity index (χ4n) is 3.59. The molecule has 3 aromatic rings. The number of thiazole rings is 1. The minimum atomic E-state index is -3.76. The molecule has 1 saturated heterocycles. The lowest BCUT2D eigenvalue weighted by molar-refractivity contribution is 0.0735. The molecule has 1 aliphatic rings. The highest BCUT2D eigenvalue weighted by Crippen LogP contribution is 2.37. The van der Waals surface area contributed by atoms with E-state index in [1.807, 2.05) is 24.3 Å². The summed E-state index contributed by atoms with van der Waals surface area (Å²) in [4.78, 5) is 19.7. The lowest BCUT2D eigenvalue weighted by atomic mass is 10.1. The van der Waals surface area contributed by atoms with E-state index >= 15 is 0 Å². The number of para-hydroxylation sites is 1. The van der Waals surface area contributed by atoms with Gasteiger partial charge < -0.3 is 9.64 Å². The Hall–Kier alpha value is -2.49. The minimum Gasteiger partial charge on any atom is -0.495 e. The van der Waals surface area contributed by atoms with Gasteiger partial charge in [-0.2, -0.15) is 0 Å². The smallest absolute Gasteiger partial charge is 0.254 e. The van der Waals surface area contributed by atoms with Gasteiger partial charge in [0.05, 0.1) is 23.4 Å². The lowest BCUT2D eigenvalue weighted by Gasteiger charge is -2.23. The van der Waals surface area contributed by atoms with Gasteiger partial charge >= 0.3 is 0 Å². The highest BCUT2D eigenvalue weighted by atomic mass is 32.2. The lowest BCUT2D eigenvalue weighted by Crippen LogP contribution is -2.31. The molecule has 0 aliphatic carbocycles. The molecule has 7 nitrogen and oxygen atoms in total. The second-order valence-corrected chi connectivity index (χ2v) is 9.67. The summed E-state index contributed by atoms with van der Waals surface area (Å²) in [7, 11) is -1.04. The van der Waals surface area contributed by atoms with E-state index in [9.17, 15) is 13.2 Å². The predicted molar refractivity (Wildman–Crippen MR) is 112 cm³/mol. The summed E-state index contributed by atoms with van der Waals surface area (Å²) in [5.41, 5.74) is 1.24. The normalized spacial score (nSPS) is 17.0. The van der Waals surface area contributed by atoms with Crippen molar-refractivity contribution in [3.63, 3.8) is 0 Å². The monoisotopic (exact) mass is 431 g/mol. The van der Waals surface area contributed by atoms with E-state index in [2.05, 4.69) is 4.72 Å². The Morgan fingerprint density at radius 1 is 1.28 bits per heavy atom. The van der Waals surface area contributed by atoms with Crippen molar-refractivity contribution >= 4 is 37.5 Å². The number of methoxy groups -OCH3 is 1. The Labute approximate surface area is 173 Å². The fraction of sp³-hybridized carbons (Fsp3) is 0.300. The fourth-order valence-corrected chi connectivity index (χ4v) is 5.63. The van der Waals surface area contributed by atoms with Gasteiger partial charge in [0.2, 0.25) is 10.0 Å². The van der Waals surface area contributed by atoms with Gasteiger partial charge in [0, 0.05) is 12.1 Å². The minimum absolute atomic E-state index is 0.0518. The van der Waals surface area contributed by atoms with E-state index in [-0.39, 0.29) is 22.6 Å². The maximum atomic E-state index is 13.3. The molecule has 0 bridgehead atoms. The average molecular weight is 432 g/mol. The molecule has 1 atom stereocenters. The molecule has 2 aromatic carbocycles. The third-order valence-electron chi connectivity index (χ3n) is 5.08. The molecule has 1 aromatic heterocycles. The maximum Gasteiger partial charge on any atom is 0.254 e. The zero-order valence-corrected chi connectivity index (χ0v) is 17.7. The molecule has 1 N–H and O–H groups in total. The van der Waals surface area contributed by atoms with E-state index in [0.717, 1.165) is 28.1 Å². The van der Waals surface area contributed by atoms with Crippen LogP contribution in [-0.4, -0.2) is 44.9 Å². The summed E-state index contributed by atoms with van der Waals surface area (Å²) >= 11 is 1.60. The van der Waals surface area contributed by atoms with Crippen molar-refractivity contribution < 1.29 is 17.9 Å².